The minimum atomic E-state index is 1.22. The van der Waals surface area contributed by atoms with Gasteiger partial charge in [0, 0.05) is 18.8 Å². The normalized spacial score (nSPS) is 24.3. The number of allylic oxidation sites excluding steroid dienone is 1. The zero-order valence-electron chi connectivity index (χ0n) is 7.40. The van der Waals surface area contributed by atoms with E-state index in [0.717, 1.165) is 0 Å². The van der Waals surface area contributed by atoms with Crippen molar-refractivity contribution in [2.75, 3.05) is 13.1 Å². The monoisotopic (exact) mass is 151 g/mol. The van der Waals surface area contributed by atoms with Gasteiger partial charge in [0.1, 0.15) is 0 Å². The summed E-state index contributed by atoms with van der Waals surface area (Å²) in [4.78, 5) is 2.56. The van der Waals surface area contributed by atoms with Crippen LogP contribution in [-0.4, -0.2) is 18.0 Å². The van der Waals surface area contributed by atoms with Crippen molar-refractivity contribution in [1.29, 1.82) is 0 Å². The van der Waals surface area contributed by atoms with Crippen LogP contribution in [-0.2, 0) is 0 Å². The minimum absolute atomic E-state index is 1.22. The van der Waals surface area contributed by atoms with Gasteiger partial charge in [-0.25, -0.2) is 0 Å². The van der Waals surface area contributed by atoms with Crippen LogP contribution in [0.2, 0.25) is 0 Å². The molecule has 0 saturated carbocycles. The molecule has 0 aromatic heterocycles. The van der Waals surface area contributed by atoms with Crippen LogP contribution < -0.4 is 0 Å². The molecule has 11 heavy (non-hydrogen) atoms. The molecular formula is C10H17N. The third kappa shape index (κ3) is 1.17. The first kappa shape index (κ1) is 7.20. The molecule has 0 bridgehead atoms. The average molecular weight is 151 g/mol. The predicted octanol–water partition coefficient (Wildman–Crippen LogP) is 2.54. The second kappa shape index (κ2) is 2.88. The Labute approximate surface area is 69.1 Å². The quantitative estimate of drug-likeness (QED) is 0.556. The lowest BCUT2D eigenvalue weighted by atomic mass is 9.97. The fourth-order valence-corrected chi connectivity index (χ4v) is 2.36. The summed E-state index contributed by atoms with van der Waals surface area (Å²) in [6.45, 7) is 4.80. The van der Waals surface area contributed by atoms with Crippen LogP contribution in [0.25, 0.3) is 0 Å². The molecule has 0 fully saturated rings. The topological polar surface area (TPSA) is 3.24 Å². The Hall–Kier alpha value is -0.460. The van der Waals surface area contributed by atoms with Crippen molar-refractivity contribution in [1.82, 2.24) is 4.90 Å². The zero-order valence-corrected chi connectivity index (χ0v) is 7.40. The number of hydrogen-bond donors (Lipinski definition) is 0. The first-order valence-corrected chi connectivity index (χ1v) is 4.87. The van der Waals surface area contributed by atoms with Crippen molar-refractivity contribution >= 4 is 0 Å². The smallest absolute Gasteiger partial charge is 0.0212 e. The van der Waals surface area contributed by atoms with Gasteiger partial charge in [0.25, 0.3) is 0 Å². The van der Waals surface area contributed by atoms with Gasteiger partial charge >= 0.3 is 0 Å². The maximum atomic E-state index is 2.56. The van der Waals surface area contributed by atoms with Crippen molar-refractivity contribution in [3.8, 4) is 0 Å². The summed E-state index contributed by atoms with van der Waals surface area (Å²) in [7, 11) is 0. The molecule has 2 aliphatic rings. The van der Waals surface area contributed by atoms with Gasteiger partial charge in [-0.05, 0) is 44.6 Å². The van der Waals surface area contributed by atoms with Gasteiger partial charge in [-0.3, -0.25) is 0 Å². The largest absolute Gasteiger partial charge is 0.375 e. The van der Waals surface area contributed by atoms with E-state index >= 15 is 0 Å². The van der Waals surface area contributed by atoms with Crippen LogP contribution in [0.1, 0.15) is 39.0 Å². The number of rotatable bonds is 1. The van der Waals surface area contributed by atoms with E-state index in [-0.39, 0.29) is 0 Å². The van der Waals surface area contributed by atoms with Gasteiger partial charge in [0.2, 0.25) is 0 Å². The van der Waals surface area contributed by atoms with E-state index < -0.39 is 0 Å². The summed E-state index contributed by atoms with van der Waals surface area (Å²) >= 11 is 0. The van der Waals surface area contributed by atoms with Crippen molar-refractivity contribution in [2.45, 2.75) is 39.0 Å². The fraction of sp³-hybridized carbons (Fsp3) is 0.800. The third-order valence-corrected chi connectivity index (χ3v) is 3.00. The van der Waals surface area contributed by atoms with E-state index in [1.807, 2.05) is 0 Å². The van der Waals surface area contributed by atoms with E-state index in [4.69, 9.17) is 0 Å². The van der Waals surface area contributed by atoms with Crippen molar-refractivity contribution < 1.29 is 0 Å². The van der Waals surface area contributed by atoms with Gasteiger partial charge < -0.3 is 4.90 Å². The second-order valence-electron chi connectivity index (χ2n) is 3.59. The van der Waals surface area contributed by atoms with Crippen LogP contribution >= 0.6 is 0 Å². The summed E-state index contributed by atoms with van der Waals surface area (Å²) in [6.07, 6.45) is 6.99. The molecule has 1 heteroatoms. The van der Waals surface area contributed by atoms with E-state index in [2.05, 4.69) is 11.8 Å². The molecule has 2 rings (SSSR count). The fourth-order valence-electron chi connectivity index (χ4n) is 2.36. The summed E-state index contributed by atoms with van der Waals surface area (Å²) < 4.78 is 0. The Balaban J connectivity index is 2.15. The molecular weight excluding hydrogens is 134 g/mol. The molecule has 0 saturated heterocycles. The van der Waals surface area contributed by atoms with E-state index in [9.17, 15) is 0 Å². The van der Waals surface area contributed by atoms with Crippen LogP contribution in [0, 0.1) is 0 Å². The molecule has 0 N–H and O–H groups in total. The van der Waals surface area contributed by atoms with Crippen molar-refractivity contribution in [3.05, 3.63) is 11.3 Å². The van der Waals surface area contributed by atoms with E-state index in [1.165, 1.54) is 45.2 Å². The molecule has 0 spiro atoms. The minimum Gasteiger partial charge on any atom is -0.375 e. The molecule has 1 aliphatic heterocycles. The van der Waals surface area contributed by atoms with Gasteiger partial charge in [0.05, 0.1) is 0 Å². The number of nitrogens with zero attached hydrogens (tertiary/aromatic N) is 1. The molecule has 1 nitrogen and oxygen atoms in total. The Morgan fingerprint density at radius 3 is 2.82 bits per heavy atom. The predicted molar refractivity (Wildman–Crippen MR) is 47.4 cm³/mol. The average Bonchev–Trinajstić information content (AvgIpc) is 2.47. The standard InChI is InChI=1S/C10H17N/c1-2-11-8-7-9-5-3-4-6-10(9)11/h2-8H2,1H3. The molecule has 0 aromatic carbocycles. The molecule has 0 unspecified atom stereocenters. The molecule has 1 aliphatic carbocycles. The Bertz CT molecular complexity index is 181. The molecule has 1 heterocycles. The Kier molecular flexibility index (Phi) is 1.89. The highest BCUT2D eigenvalue weighted by molar-refractivity contribution is 5.21. The summed E-state index contributed by atoms with van der Waals surface area (Å²) in [6, 6.07) is 0. The summed E-state index contributed by atoms with van der Waals surface area (Å²) in [5, 5.41) is 0. The van der Waals surface area contributed by atoms with Crippen molar-refractivity contribution in [3.63, 3.8) is 0 Å². The van der Waals surface area contributed by atoms with Crippen molar-refractivity contribution in [2.24, 2.45) is 0 Å². The third-order valence-electron chi connectivity index (χ3n) is 3.00. The van der Waals surface area contributed by atoms with Gasteiger partial charge in [0.15, 0.2) is 0 Å². The summed E-state index contributed by atoms with van der Waals surface area (Å²) in [5.41, 5.74) is 3.48. The van der Waals surface area contributed by atoms with Crippen LogP contribution in [0.4, 0.5) is 0 Å². The first-order valence-electron chi connectivity index (χ1n) is 4.87. The Morgan fingerprint density at radius 2 is 2.00 bits per heavy atom. The zero-order chi connectivity index (χ0) is 7.68. The van der Waals surface area contributed by atoms with Gasteiger partial charge in [-0.2, -0.15) is 0 Å². The second-order valence-corrected chi connectivity index (χ2v) is 3.59. The van der Waals surface area contributed by atoms with Gasteiger partial charge in [-0.15, -0.1) is 0 Å². The lowest BCUT2D eigenvalue weighted by Gasteiger charge is -2.23. The van der Waals surface area contributed by atoms with E-state index in [1.54, 1.807) is 11.3 Å². The summed E-state index contributed by atoms with van der Waals surface area (Å²) in [5.74, 6) is 0. The molecule has 0 aromatic rings. The molecule has 0 atom stereocenters. The maximum Gasteiger partial charge on any atom is 0.0212 e. The maximum absolute atomic E-state index is 2.56. The van der Waals surface area contributed by atoms with Crippen LogP contribution in [0.5, 0.6) is 0 Å². The SMILES string of the molecule is CCN1CCC2=C1CCCC2. The Morgan fingerprint density at radius 1 is 1.18 bits per heavy atom. The first-order chi connectivity index (χ1) is 5.42. The lowest BCUT2D eigenvalue weighted by Crippen LogP contribution is -2.19. The molecule has 0 radical (unpaired) electrons. The van der Waals surface area contributed by atoms with Gasteiger partial charge in [-0.1, -0.05) is 0 Å². The lowest BCUT2D eigenvalue weighted by molar-refractivity contribution is 0.378. The molecule has 62 valence electrons. The van der Waals surface area contributed by atoms with Crippen LogP contribution in [0.3, 0.4) is 0 Å². The number of hydrogen-bond acceptors (Lipinski definition) is 1. The van der Waals surface area contributed by atoms with E-state index in [0.29, 0.717) is 0 Å². The van der Waals surface area contributed by atoms with Crippen LogP contribution in [0.15, 0.2) is 11.3 Å². The highest BCUT2D eigenvalue weighted by atomic mass is 15.1. The molecule has 0 amide bonds. The highest BCUT2D eigenvalue weighted by Crippen LogP contribution is 2.34. The highest BCUT2D eigenvalue weighted by Gasteiger charge is 2.22.